The Hall–Kier alpha value is -8.57. The lowest BCUT2D eigenvalue weighted by Gasteiger charge is -2.18. The SMILES string of the molecule is N#Cc1cc(-n2c3ccccc3c3cc4c(cc32)oc2ccccc24)ccc1-c1ccc(C#N)c(C#N)c1-n1c2ccccc2c2cc3c(cc21)oc1ccccc13. The van der Waals surface area contributed by atoms with Crippen LogP contribution in [0.3, 0.4) is 0 Å². The number of nitriles is 3. The molecule has 0 saturated carbocycles. The van der Waals surface area contributed by atoms with E-state index in [1.165, 1.54) is 0 Å². The average Bonchev–Trinajstić information content (AvgIpc) is 4.01. The molecule has 0 radical (unpaired) electrons. The molecule has 0 unspecified atom stereocenters. The van der Waals surface area contributed by atoms with E-state index in [0.717, 1.165) is 87.6 Å². The maximum Gasteiger partial charge on any atom is 0.137 e. The van der Waals surface area contributed by atoms with Gasteiger partial charge in [0, 0.05) is 72.0 Å². The van der Waals surface area contributed by atoms with Crippen LogP contribution in [0.4, 0.5) is 0 Å². The Balaban J connectivity index is 1.13. The van der Waals surface area contributed by atoms with Crippen molar-refractivity contribution < 1.29 is 8.83 Å². The minimum absolute atomic E-state index is 0.220. The molecule has 0 fully saturated rings. The molecule has 266 valence electrons. The molecule has 0 aliphatic carbocycles. The van der Waals surface area contributed by atoms with Gasteiger partial charge in [-0.3, -0.25) is 0 Å². The monoisotopic (exact) mass is 739 g/mol. The Morgan fingerprint density at radius 3 is 1.47 bits per heavy atom. The molecule has 0 bridgehead atoms. The van der Waals surface area contributed by atoms with Crippen molar-refractivity contribution in [2.75, 3.05) is 0 Å². The Morgan fingerprint density at radius 1 is 0.362 bits per heavy atom. The van der Waals surface area contributed by atoms with Gasteiger partial charge in [0.2, 0.25) is 0 Å². The van der Waals surface area contributed by atoms with Crippen LogP contribution in [0.5, 0.6) is 0 Å². The molecule has 0 spiro atoms. The molecule has 4 heterocycles. The number of fused-ring (bicyclic) bond motifs is 12. The fourth-order valence-electron chi connectivity index (χ4n) is 9.14. The summed E-state index contributed by atoms with van der Waals surface area (Å²) in [6.45, 7) is 0. The highest BCUT2D eigenvalue weighted by atomic mass is 16.3. The Bertz CT molecular complexity index is 3910. The molecule has 7 heteroatoms. The first-order chi connectivity index (χ1) is 28.6. The summed E-state index contributed by atoms with van der Waals surface area (Å²) < 4.78 is 16.9. The van der Waals surface area contributed by atoms with Crippen molar-refractivity contribution >= 4 is 87.5 Å². The highest BCUT2D eigenvalue weighted by Gasteiger charge is 2.25. The first kappa shape index (κ1) is 31.7. The van der Waals surface area contributed by atoms with E-state index in [4.69, 9.17) is 8.83 Å². The van der Waals surface area contributed by atoms with Gasteiger partial charge in [-0.2, -0.15) is 15.8 Å². The smallest absolute Gasteiger partial charge is 0.137 e. The molecule has 0 saturated heterocycles. The molecule has 0 aliphatic rings. The topological polar surface area (TPSA) is 108 Å². The van der Waals surface area contributed by atoms with Crippen LogP contribution in [0.1, 0.15) is 16.7 Å². The van der Waals surface area contributed by atoms with Crippen LogP contribution in [0.25, 0.3) is 110 Å². The van der Waals surface area contributed by atoms with Crippen LogP contribution in [-0.2, 0) is 0 Å². The number of aromatic nitrogens is 2. The molecule has 7 nitrogen and oxygen atoms in total. The Kier molecular flexibility index (Phi) is 6.41. The molecular formula is C51H25N5O2. The number of hydrogen-bond acceptors (Lipinski definition) is 5. The van der Waals surface area contributed by atoms with Gasteiger partial charge in [0.15, 0.2) is 0 Å². The van der Waals surface area contributed by atoms with Gasteiger partial charge in [-0.05, 0) is 54.6 Å². The van der Waals surface area contributed by atoms with Crippen molar-refractivity contribution in [1.29, 1.82) is 15.8 Å². The molecule has 4 aromatic heterocycles. The molecule has 58 heavy (non-hydrogen) atoms. The quantitative estimate of drug-likeness (QED) is 0.179. The van der Waals surface area contributed by atoms with E-state index >= 15 is 0 Å². The molecule has 0 N–H and O–H groups in total. The van der Waals surface area contributed by atoms with Crippen molar-refractivity contribution in [3.05, 3.63) is 168 Å². The number of benzene rings is 8. The molecule has 0 amide bonds. The van der Waals surface area contributed by atoms with Gasteiger partial charge < -0.3 is 18.0 Å². The fourth-order valence-corrected chi connectivity index (χ4v) is 9.14. The molecule has 8 aromatic carbocycles. The van der Waals surface area contributed by atoms with Crippen LogP contribution in [0, 0.1) is 34.0 Å². The lowest BCUT2D eigenvalue weighted by atomic mass is 9.93. The highest BCUT2D eigenvalue weighted by Crippen LogP contribution is 2.44. The van der Waals surface area contributed by atoms with E-state index in [1.807, 2.05) is 102 Å². The zero-order chi connectivity index (χ0) is 38.6. The number of rotatable bonds is 3. The summed E-state index contributed by atoms with van der Waals surface area (Å²) in [5.74, 6) is 0. The third-order valence-electron chi connectivity index (χ3n) is 11.6. The number of nitrogens with zero attached hydrogens (tertiary/aromatic N) is 5. The minimum Gasteiger partial charge on any atom is -0.456 e. The van der Waals surface area contributed by atoms with Crippen LogP contribution in [0.15, 0.2) is 160 Å². The lowest BCUT2D eigenvalue weighted by Crippen LogP contribution is -2.04. The largest absolute Gasteiger partial charge is 0.456 e. The summed E-state index contributed by atoms with van der Waals surface area (Å²) in [7, 11) is 0. The summed E-state index contributed by atoms with van der Waals surface area (Å²) in [6, 6.07) is 57.3. The van der Waals surface area contributed by atoms with Gasteiger partial charge in [0.05, 0.1) is 50.5 Å². The maximum atomic E-state index is 10.9. The number of furan rings is 2. The van der Waals surface area contributed by atoms with E-state index in [9.17, 15) is 15.8 Å². The van der Waals surface area contributed by atoms with Crippen molar-refractivity contribution in [2.24, 2.45) is 0 Å². The molecule has 0 aliphatic heterocycles. The van der Waals surface area contributed by atoms with E-state index in [-0.39, 0.29) is 11.1 Å². The predicted octanol–water partition coefficient (Wildman–Crippen LogP) is 13.0. The van der Waals surface area contributed by atoms with Crippen molar-refractivity contribution in [3.8, 4) is 40.7 Å². The second kappa shape index (κ2) is 11.7. The van der Waals surface area contributed by atoms with E-state index in [2.05, 4.69) is 71.3 Å². The fraction of sp³-hybridized carbons (Fsp3) is 0. The Labute approximate surface area is 329 Å². The zero-order valence-corrected chi connectivity index (χ0v) is 30.5. The normalized spacial score (nSPS) is 11.7. The van der Waals surface area contributed by atoms with Gasteiger partial charge >= 0.3 is 0 Å². The lowest BCUT2D eigenvalue weighted by molar-refractivity contribution is 0.669. The van der Waals surface area contributed by atoms with Crippen molar-refractivity contribution in [3.63, 3.8) is 0 Å². The van der Waals surface area contributed by atoms with E-state index < -0.39 is 0 Å². The molecule has 0 atom stereocenters. The second-order valence-electron chi connectivity index (χ2n) is 14.6. The average molecular weight is 740 g/mol. The van der Waals surface area contributed by atoms with Gasteiger partial charge in [-0.15, -0.1) is 0 Å². The second-order valence-corrected chi connectivity index (χ2v) is 14.6. The third kappa shape index (κ3) is 4.23. The van der Waals surface area contributed by atoms with Gasteiger partial charge in [-0.1, -0.05) is 84.9 Å². The van der Waals surface area contributed by atoms with Crippen LogP contribution >= 0.6 is 0 Å². The summed E-state index contributed by atoms with van der Waals surface area (Å²) in [4.78, 5) is 0. The summed E-state index contributed by atoms with van der Waals surface area (Å²) in [5.41, 5.74) is 10.3. The predicted molar refractivity (Wildman–Crippen MR) is 229 cm³/mol. The third-order valence-corrected chi connectivity index (χ3v) is 11.6. The standard InChI is InChI=1S/C51H25N5O2/c52-26-29-17-19-37(51(42(29)28-54)56-44-14-6-2-10-34(44)39-23-41-36-12-4-8-16-48(36)58-50(41)25-46(39)56)32-20-18-31(21-30(32)27-53)55-43-13-5-1-9-33(43)38-22-40-35-11-3-7-15-47(35)57-49(40)24-45(38)55/h1-25H. The van der Waals surface area contributed by atoms with Crippen LogP contribution in [-0.4, -0.2) is 9.13 Å². The van der Waals surface area contributed by atoms with Crippen LogP contribution < -0.4 is 0 Å². The van der Waals surface area contributed by atoms with E-state index in [0.29, 0.717) is 28.0 Å². The first-order valence-corrected chi connectivity index (χ1v) is 18.8. The van der Waals surface area contributed by atoms with Crippen molar-refractivity contribution in [2.45, 2.75) is 0 Å². The first-order valence-electron chi connectivity index (χ1n) is 18.8. The van der Waals surface area contributed by atoms with Gasteiger partial charge in [0.1, 0.15) is 34.5 Å². The highest BCUT2D eigenvalue weighted by molar-refractivity contribution is 6.19. The molecular weight excluding hydrogens is 715 g/mol. The summed E-state index contributed by atoms with van der Waals surface area (Å²) in [5, 5.41) is 40.3. The summed E-state index contributed by atoms with van der Waals surface area (Å²) >= 11 is 0. The van der Waals surface area contributed by atoms with Gasteiger partial charge in [-0.25, -0.2) is 0 Å². The van der Waals surface area contributed by atoms with Crippen molar-refractivity contribution in [1.82, 2.24) is 9.13 Å². The van der Waals surface area contributed by atoms with Gasteiger partial charge in [0.25, 0.3) is 0 Å². The van der Waals surface area contributed by atoms with Crippen LogP contribution in [0.2, 0.25) is 0 Å². The minimum atomic E-state index is 0.220. The Morgan fingerprint density at radius 2 is 0.879 bits per heavy atom. The zero-order valence-electron chi connectivity index (χ0n) is 30.5. The van der Waals surface area contributed by atoms with E-state index in [1.54, 1.807) is 6.07 Å². The number of para-hydroxylation sites is 4. The summed E-state index contributed by atoms with van der Waals surface area (Å²) in [6.07, 6.45) is 0. The number of hydrogen-bond donors (Lipinski definition) is 0. The molecule has 12 rings (SSSR count). The molecule has 12 aromatic rings. The maximum absolute atomic E-state index is 10.9.